The minimum absolute atomic E-state index is 0.00282. The van der Waals surface area contributed by atoms with Crippen molar-refractivity contribution in [1.82, 2.24) is 0 Å². The Hall–Kier alpha value is -3.71. The number of rotatable bonds is 9. The van der Waals surface area contributed by atoms with Crippen molar-refractivity contribution in [2.45, 2.75) is 50.8 Å². The summed E-state index contributed by atoms with van der Waals surface area (Å²) < 4.78 is 139. The molecular weight excluding hydrogens is 552 g/mol. The average molecular weight is 571 g/mol. The van der Waals surface area contributed by atoms with Crippen molar-refractivity contribution in [3.63, 3.8) is 0 Å². The maximum absolute atomic E-state index is 13.2. The van der Waals surface area contributed by atoms with Gasteiger partial charge >= 0.3 is 25.6 Å². The monoisotopic (exact) mass is 571 g/mol. The van der Waals surface area contributed by atoms with Crippen molar-refractivity contribution in [3.8, 4) is 11.5 Å². The lowest BCUT2D eigenvalue weighted by Crippen LogP contribution is -2.34. The SMILES string of the molecule is Cc1c[n+]([O-])ccc1CC(c1ccc(C(C(F)(F)F)C(F)(F)F)cc1)c1ccc(OC(F)F)c(OC(F)F)c1. The lowest BCUT2D eigenvalue weighted by molar-refractivity contribution is -0.605. The first kappa shape index (κ1) is 29.8. The molecule has 3 rings (SSSR count). The van der Waals surface area contributed by atoms with E-state index in [9.17, 15) is 49.1 Å². The Morgan fingerprint density at radius 1 is 0.744 bits per heavy atom. The van der Waals surface area contributed by atoms with Gasteiger partial charge in [0.25, 0.3) is 0 Å². The number of hydrogen-bond donors (Lipinski definition) is 0. The van der Waals surface area contributed by atoms with Crippen LogP contribution >= 0.6 is 0 Å². The number of pyridine rings is 1. The van der Waals surface area contributed by atoms with E-state index in [0.29, 0.717) is 28.0 Å². The average Bonchev–Trinajstić information content (AvgIpc) is 2.78. The maximum atomic E-state index is 13.2. The van der Waals surface area contributed by atoms with Crippen molar-refractivity contribution >= 4 is 0 Å². The lowest BCUT2D eigenvalue weighted by atomic mass is 9.84. The summed E-state index contributed by atoms with van der Waals surface area (Å²) in [5, 5.41) is 11.6. The van der Waals surface area contributed by atoms with Crippen molar-refractivity contribution in [2.24, 2.45) is 0 Å². The molecule has 0 N–H and O–H groups in total. The van der Waals surface area contributed by atoms with Crippen molar-refractivity contribution in [2.75, 3.05) is 0 Å². The Kier molecular flexibility index (Phi) is 8.86. The van der Waals surface area contributed by atoms with Gasteiger partial charge in [0.05, 0.1) is 0 Å². The van der Waals surface area contributed by atoms with Gasteiger partial charge in [0.2, 0.25) is 0 Å². The third kappa shape index (κ3) is 7.67. The summed E-state index contributed by atoms with van der Waals surface area (Å²) in [6, 6.07) is 7.88. The summed E-state index contributed by atoms with van der Waals surface area (Å²) in [5.74, 6) is -6.13. The van der Waals surface area contributed by atoms with Crippen LogP contribution in [0.4, 0.5) is 43.9 Å². The number of nitrogens with zero attached hydrogens (tertiary/aromatic N) is 1. The molecule has 14 heteroatoms. The first-order valence-electron chi connectivity index (χ1n) is 11.0. The predicted molar refractivity (Wildman–Crippen MR) is 117 cm³/mol. The van der Waals surface area contributed by atoms with E-state index >= 15 is 0 Å². The Balaban J connectivity index is 2.12. The Labute approximate surface area is 215 Å². The van der Waals surface area contributed by atoms with Crippen LogP contribution in [0.15, 0.2) is 60.9 Å². The highest BCUT2D eigenvalue weighted by Gasteiger charge is 2.57. The van der Waals surface area contributed by atoms with Crippen LogP contribution in [0, 0.1) is 12.1 Å². The molecule has 1 aromatic heterocycles. The van der Waals surface area contributed by atoms with E-state index < -0.39 is 54.5 Å². The second-order valence-corrected chi connectivity index (χ2v) is 8.42. The smallest absolute Gasteiger partial charge is 0.404 e. The molecule has 4 nitrogen and oxygen atoms in total. The largest absolute Gasteiger partial charge is 0.619 e. The summed E-state index contributed by atoms with van der Waals surface area (Å²) >= 11 is 0. The maximum Gasteiger partial charge on any atom is 0.404 e. The van der Waals surface area contributed by atoms with E-state index in [1.54, 1.807) is 6.92 Å². The molecule has 0 saturated heterocycles. The van der Waals surface area contributed by atoms with Gasteiger partial charge in [-0.2, -0.15) is 48.6 Å². The van der Waals surface area contributed by atoms with Gasteiger partial charge < -0.3 is 14.7 Å². The van der Waals surface area contributed by atoms with E-state index in [1.807, 2.05) is 0 Å². The van der Waals surface area contributed by atoms with Gasteiger partial charge in [0, 0.05) is 17.5 Å². The number of alkyl halides is 10. The number of halogens is 10. The highest BCUT2D eigenvalue weighted by Crippen LogP contribution is 2.47. The summed E-state index contributed by atoms with van der Waals surface area (Å²) in [6.07, 6.45) is -8.86. The van der Waals surface area contributed by atoms with Crippen LogP contribution in [0.2, 0.25) is 0 Å². The molecule has 1 atom stereocenters. The van der Waals surface area contributed by atoms with Crippen molar-refractivity contribution in [3.05, 3.63) is 93.9 Å². The molecule has 0 aliphatic carbocycles. The molecule has 0 aliphatic rings. The molecule has 0 aliphatic heterocycles. The standard InChI is InChI=1S/C25H19F10NO3/c1-13-12-36(37)9-8-16(13)10-18(17-6-7-19(38-22(26)27)20(11-17)39-23(28)29)14-2-4-15(5-3-14)21(24(30,31)32)25(33,34)35/h2-9,11-12,18,21-23H,10H2,1H3. The zero-order chi connectivity index (χ0) is 29.1. The zero-order valence-corrected chi connectivity index (χ0v) is 19.7. The zero-order valence-electron chi connectivity index (χ0n) is 19.7. The van der Waals surface area contributed by atoms with Gasteiger partial charge in [0.15, 0.2) is 29.8 Å². The molecular formula is C25H19F10NO3. The molecule has 1 unspecified atom stereocenters. The molecule has 0 spiro atoms. The summed E-state index contributed by atoms with van der Waals surface area (Å²) in [4.78, 5) is 0. The topological polar surface area (TPSA) is 45.4 Å². The number of hydrogen-bond acceptors (Lipinski definition) is 3. The van der Waals surface area contributed by atoms with Crippen molar-refractivity contribution in [1.29, 1.82) is 0 Å². The number of aromatic nitrogens is 1. The van der Waals surface area contributed by atoms with Crippen LogP contribution in [0.1, 0.15) is 39.7 Å². The van der Waals surface area contributed by atoms with Gasteiger partial charge in [0.1, 0.15) is 0 Å². The molecule has 0 bridgehead atoms. The van der Waals surface area contributed by atoms with Gasteiger partial charge in [-0.15, -0.1) is 0 Å². The van der Waals surface area contributed by atoms with E-state index in [2.05, 4.69) is 9.47 Å². The fraction of sp³-hybridized carbons (Fsp3) is 0.320. The van der Waals surface area contributed by atoms with Crippen LogP contribution in [-0.2, 0) is 6.42 Å². The van der Waals surface area contributed by atoms with Crippen LogP contribution < -0.4 is 14.2 Å². The number of aryl methyl sites for hydroxylation is 1. The molecule has 39 heavy (non-hydrogen) atoms. The molecule has 2 aromatic carbocycles. The van der Waals surface area contributed by atoms with E-state index in [4.69, 9.17) is 0 Å². The van der Waals surface area contributed by atoms with Gasteiger partial charge in [-0.3, -0.25) is 0 Å². The van der Waals surface area contributed by atoms with E-state index in [1.165, 1.54) is 18.3 Å². The van der Waals surface area contributed by atoms with Crippen LogP contribution in [0.5, 0.6) is 11.5 Å². The predicted octanol–water partition coefficient (Wildman–Crippen LogP) is 7.41. The molecule has 0 amide bonds. The minimum atomic E-state index is -5.62. The fourth-order valence-electron chi connectivity index (χ4n) is 4.10. The number of benzene rings is 2. The number of ether oxygens (including phenoxy) is 2. The molecule has 0 radical (unpaired) electrons. The van der Waals surface area contributed by atoms with Crippen LogP contribution in [0.25, 0.3) is 0 Å². The first-order valence-corrected chi connectivity index (χ1v) is 11.0. The molecule has 0 saturated carbocycles. The fourth-order valence-corrected chi connectivity index (χ4v) is 4.10. The highest BCUT2D eigenvalue weighted by atomic mass is 19.4. The van der Waals surface area contributed by atoms with E-state index in [-0.39, 0.29) is 17.5 Å². The molecule has 212 valence electrons. The summed E-state index contributed by atoms with van der Waals surface area (Å²) in [6.45, 7) is -5.23. The molecule has 3 aromatic rings. The molecule has 0 fully saturated rings. The third-order valence-corrected chi connectivity index (χ3v) is 5.80. The van der Waals surface area contributed by atoms with Gasteiger partial charge in [-0.05, 0) is 47.7 Å². The third-order valence-electron chi connectivity index (χ3n) is 5.80. The summed E-state index contributed by atoms with van der Waals surface area (Å²) in [7, 11) is 0. The van der Waals surface area contributed by atoms with Gasteiger partial charge in [-0.25, -0.2) is 0 Å². The van der Waals surface area contributed by atoms with Crippen LogP contribution in [0.3, 0.4) is 0 Å². The Bertz CT molecular complexity index is 1250. The second kappa shape index (κ2) is 11.6. The van der Waals surface area contributed by atoms with Crippen molar-refractivity contribution < 1.29 is 58.1 Å². The highest BCUT2D eigenvalue weighted by molar-refractivity contribution is 5.47. The Morgan fingerprint density at radius 2 is 1.26 bits per heavy atom. The first-order chi connectivity index (χ1) is 18.1. The quantitative estimate of drug-likeness (QED) is 0.153. The van der Waals surface area contributed by atoms with E-state index in [0.717, 1.165) is 30.5 Å². The second-order valence-electron chi connectivity index (χ2n) is 8.42. The normalized spacial score (nSPS) is 13.3. The van der Waals surface area contributed by atoms with Crippen LogP contribution in [-0.4, -0.2) is 25.6 Å². The lowest BCUT2D eigenvalue weighted by Gasteiger charge is -2.25. The Morgan fingerprint density at radius 3 is 1.77 bits per heavy atom. The van der Waals surface area contributed by atoms with Gasteiger partial charge in [-0.1, -0.05) is 30.3 Å². The molecule has 1 heterocycles. The summed E-state index contributed by atoms with van der Waals surface area (Å²) in [5.41, 5.74) is 0.254. The minimum Gasteiger partial charge on any atom is -0.619 e.